The van der Waals surface area contributed by atoms with Gasteiger partial charge in [-0.1, -0.05) is 0 Å². The van der Waals surface area contributed by atoms with E-state index >= 15 is 0 Å². The summed E-state index contributed by atoms with van der Waals surface area (Å²) in [6.45, 7) is -0.443. The molecular formula is C23H44N3O10-. The minimum Gasteiger partial charge on any atom is -0.598 e. The molecule has 8 N–H and O–H groups in total. The Labute approximate surface area is 211 Å². The van der Waals surface area contributed by atoms with Gasteiger partial charge in [-0.2, -0.15) is 0 Å². The molecule has 212 valence electrons. The highest BCUT2D eigenvalue weighted by Crippen LogP contribution is 2.24. The number of rotatable bonds is 24. The highest BCUT2D eigenvalue weighted by Gasteiger charge is 2.33. The lowest BCUT2D eigenvalue weighted by Gasteiger charge is -2.40. The van der Waals surface area contributed by atoms with Gasteiger partial charge < -0.3 is 60.4 Å². The van der Waals surface area contributed by atoms with Crippen molar-refractivity contribution in [3.05, 3.63) is 11.9 Å². The standard InChI is InChI=1S/C23H44N3O10/c24-22(33)3-1-2-21-4-26(25-21)14-23(15-34-11-18(5-27)6-28,16-35-12-19(7-29)8-30)17-36-13-20(9-31)10-32/h4,18-20,27-32H,1-3,5-17H2,(H2,24,33)/q-1. The number of nitrogens with zero attached hydrogens (tertiary/aromatic N) is 2. The van der Waals surface area contributed by atoms with Crippen molar-refractivity contribution in [2.24, 2.45) is 28.9 Å². The summed E-state index contributed by atoms with van der Waals surface area (Å²) in [6, 6.07) is 0. The third-order valence-corrected chi connectivity index (χ3v) is 5.74. The van der Waals surface area contributed by atoms with E-state index in [1.165, 1.54) is 0 Å². The lowest BCUT2D eigenvalue weighted by atomic mass is 9.90. The first-order chi connectivity index (χ1) is 17.3. The minimum absolute atomic E-state index is 0.103. The summed E-state index contributed by atoms with van der Waals surface area (Å²) in [4.78, 5) is 10.9. The second kappa shape index (κ2) is 18.7. The summed E-state index contributed by atoms with van der Waals surface area (Å²) in [6.07, 6.45) is 3.32. The third-order valence-electron chi connectivity index (χ3n) is 5.74. The third kappa shape index (κ3) is 12.6. The van der Waals surface area contributed by atoms with Gasteiger partial charge in [-0.15, -0.1) is 5.69 Å². The number of nitrogens with two attached hydrogens (primary N) is 1. The number of hydrogen-bond donors (Lipinski definition) is 7. The average molecular weight is 523 g/mol. The predicted octanol–water partition coefficient (Wildman–Crippen LogP) is -2.91. The molecule has 1 aromatic heterocycles. The molecule has 1 amide bonds. The molecule has 1 rings (SSSR count). The van der Waals surface area contributed by atoms with Crippen LogP contribution in [0.5, 0.6) is 0 Å². The molecular weight excluding hydrogens is 478 g/mol. The van der Waals surface area contributed by atoms with Crippen molar-refractivity contribution in [1.29, 1.82) is 0 Å². The Bertz CT molecular complexity index is 614. The van der Waals surface area contributed by atoms with Gasteiger partial charge in [0.1, 0.15) is 0 Å². The molecule has 36 heavy (non-hydrogen) atoms. The average Bonchev–Trinajstić information content (AvgIpc) is 2.85. The zero-order chi connectivity index (χ0) is 26.8. The van der Waals surface area contributed by atoms with E-state index in [4.69, 9.17) is 19.9 Å². The maximum atomic E-state index is 10.9. The number of aromatic nitrogens is 2. The van der Waals surface area contributed by atoms with Gasteiger partial charge in [0.05, 0.1) is 84.7 Å². The Morgan fingerprint density at radius 3 is 1.56 bits per heavy atom. The van der Waals surface area contributed by atoms with Gasteiger partial charge in [0.15, 0.2) is 0 Å². The van der Waals surface area contributed by atoms with Crippen LogP contribution in [0.3, 0.4) is 0 Å². The number of amides is 1. The van der Waals surface area contributed by atoms with Gasteiger partial charge in [0.25, 0.3) is 0 Å². The molecule has 0 spiro atoms. The van der Waals surface area contributed by atoms with Crippen molar-refractivity contribution < 1.29 is 49.6 Å². The molecule has 0 saturated carbocycles. The van der Waals surface area contributed by atoms with Crippen molar-refractivity contribution in [3.8, 4) is 0 Å². The van der Waals surface area contributed by atoms with Crippen LogP contribution in [0.4, 0.5) is 0 Å². The fourth-order valence-corrected chi connectivity index (χ4v) is 3.40. The Balaban J connectivity index is 2.96. The normalized spacial score (nSPS) is 12.5. The van der Waals surface area contributed by atoms with E-state index < -0.39 is 23.2 Å². The van der Waals surface area contributed by atoms with E-state index in [1.807, 2.05) is 6.20 Å². The Morgan fingerprint density at radius 1 is 0.833 bits per heavy atom. The predicted molar refractivity (Wildman–Crippen MR) is 128 cm³/mol. The molecule has 1 heterocycles. The van der Waals surface area contributed by atoms with Gasteiger partial charge >= 0.3 is 0 Å². The number of aliphatic hydroxyl groups excluding tert-OH is 6. The molecule has 0 bridgehead atoms. The van der Waals surface area contributed by atoms with E-state index in [-0.39, 0.29) is 91.6 Å². The molecule has 0 aromatic carbocycles. The van der Waals surface area contributed by atoms with Crippen LogP contribution in [-0.4, -0.2) is 121 Å². The number of carbonyl (C=O) groups excluding carboxylic acids is 1. The summed E-state index contributed by atoms with van der Waals surface area (Å²) in [5.41, 5.74) is 5.20. The minimum atomic E-state index is -0.793. The molecule has 0 fully saturated rings. The highest BCUT2D eigenvalue weighted by molar-refractivity contribution is 5.73. The molecule has 0 aliphatic carbocycles. The summed E-state index contributed by atoms with van der Waals surface area (Å²) in [5.74, 6) is -1.71. The van der Waals surface area contributed by atoms with Crippen LogP contribution in [0.1, 0.15) is 18.5 Å². The Kier molecular flexibility index (Phi) is 16.8. The monoisotopic (exact) mass is 522 g/mol. The molecule has 0 atom stereocenters. The number of aliphatic hydroxyl groups is 6. The van der Waals surface area contributed by atoms with E-state index in [2.05, 4.69) is 5.10 Å². The van der Waals surface area contributed by atoms with E-state index in [0.29, 0.717) is 19.4 Å². The maximum absolute atomic E-state index is 10.9. The zero-order valence-corrected chi connectivity index (χ0v) is 20.9. The maximum Gasteiger partial charge on any atom is 0.217 e. The van der Waals surface area contributed by atoms with Crippen LogP contribution < -0.4 is 10.8 Å². The van der Waals surface area contributed by atoms with Crippen molar-refractivity contribution in [1.82, 2.24) is 9.78 Å². The molecule has 13 nitrogen and oxygen atoms in total. The van der Waals surface area contributed by atoms with Crippen LogP contribution >= 0.6 is 0 Å². The summed E-state index contributed by atoms with van der Waals surface area (Å²) >= 11 is 0. The fourth-order valence-electron chi connectivity index (χ4n) is 3.40. The number of hydrogen-bond acceptors (Lipinski definition) is 10. The van der Waals surface area contributed by atoms with Crippen LogP contribution in [0.25, 0.3) is 0 Å². The van der Waals surface area contributed by atoms with Crippen LogP contribution in [-0.2, 0) is 32.0 Å². The van der Waals surface area contributed by atoms with Crippen molar-refractivity contribution >= 4 is 5.91 Å². The molecule has 0 radical (unpaired) electrons. The van der Waals surface area contributed by atoms with Crippen LogP contribution in [0.15, 0.2) is 6.20 Å². The first-order valence-electron chi connectivity index (χ1n) is 12.2. The zero-order valence-electron chi connectivity index (χ0n) is 20.9. The smallest absolute Gasteiger partial charge is 0.217 e. The second-order valence-corrected chi connectivity index (χ2v) is 9.38. The number of aryl methyl sites for hydroxylation is 1. The summed E-state index contributed by atoms with van der Waals surface area (Å²) in [7, 11) is 0. The van der Waals surface area contributed by atoms with Crippen molar-refractivity contribution in [3.63, 3.8) is 0 Å². The summed E-state index contributed by atoms with van der Waals surface area (Å²) < 4.78 is 19.2. The largest absolute Gasteiger partial charge is 0.598 e. The lowest BCUT2D eigenvalue weighted by Crippen LogP contribution is -2.44. The van der Waals surface area contributed by atoms with Crippen molar-refractivity contribution in [2.45, 2.75) is 25.8 Å². The van der Waals surface area contributed by atoms with Crippen molar-refractivity contribution in [2.75, 3.05) is 79.3 Å². The molecule has 0 unspecified atom stereocenters. The number of carbonyl (C=O) groups is 1. The number of primary amides is 1. The first-order valence-corrected chi connectivity index (χ1v) is 12.2. The lowest BCUT2D eigenvalue weighted by molar-refractivity contribution is -0.118. The topological polar surface area (TPSA) is 211 Å². The molecule has 1 aromatic rings. The first kappa shape index (κ1) is 32.5. The molecule has 0 aliphatic rings. The Morgan fingerprint density at radius 2 is 1.22 bits per heavy atom. The summed E-state index contributed by atoms with van der Waals surface area (Å²) in [5, 5.41) is 60.6. The van der Waals surface area contributed by atoms with Gasteiger partial charge in [-0.05, 0) is 19.0 Å². The number of ether oxygens (including phenoxy) is 3. The highest BCUT2D eigenvalue weighted by atomic mass is 16.5. The van der Waals surface area contributed by atoms with Crippen LogP contribution in [0, 0.1) is 23.2 Å². The van der Waals surface area contributed by atoms with Gasteiger partial charge in [0.2, 0.25) is 5.91 Å². The Hall–Kier alpha value is -1.55. The SMILES string of the molecule is NC(=O)CCCc1cn(CC(COCC(CO)CO)(COCC(CO)CO)COCC(CO)CO)[n-]1. The van der Waals surface area contributed by atoms with Gasteiger partial charge in [-0.3, -0.25) is 4.79 Å². The van der Waals surface area contributed by atoms with Crippen LogP contribution in [0.2, 0.25) is 0 Å². The van der Waals surface area contributed by atoms with Gasteiger partial charge in [-0.25, -0.2) is 0 Å². The fraction of sp³-hybridized carbons (Fsp3) is 0.870. The molecule has 0 saturated heterocycles. The second-order valence-electron chi connectivity index (χ2n) is 9.38. The van der Waals surface area contributed by atoms with E-state index in [0.717, 1.165) is 5.69 Å². The van der Waals surface area contributed by atoms with Gasteiger partial charge in [0, 0.05) is 30.7 Å². The van der Waals surface area contributed by atoms with E-state index in [9.17, 15) is 35.4 Å². The quantitative estimate of drug-likeness (QED) is 0.0731. The van der Waals surface area contributed by atoms with E-state index in [1.54, 1.807) is 4.68 Å². The molecule has 0 aliphatic heterocycles. The molecule has 13 heteroatoms.